The van der Waals surface area contributed by atoms with Crippen molar-refractivity contribution in [2.75, 3.05) is 11.9 Å². The van der Waals surface area contributed by atoms with Crippen LogP contribution in [0.25, 0.3) is 0 Å². The van der Waals surface area contributed by atoms with E-state index in [1.807, 2.05) is 11.9 Å². The molecular formula is C15H17NO. The molecule has 1 heterocycles. The minimum absolute atomic E-state index is 0.107. The monoisotopic (exact) mass is 227 g/mol. The molecule has 2 heteroatoms. The van der Waals surface area contributed by atoms with Gasteiger partial charge >= 0.3 is 0 Å². The van der Waals surface area contributed by atoms with E-state index in [1.54, 1.807) is 0 Å². The summed E-state index contributed by atoms with van der Waals surface area (Å²) in [6.45, 7) is 0. The van der Waals surface area contributed by atoms with Crippen LogP contribution >= 0.6 is 0 Å². The highest BCUT2D eigenvalue weighted by Crippen LogP contribution is 2.59. The van der Waals surface area contributed by atoms with Crippen molar-refractivity contribution < 1.29 is 4.79 Å². The van der Waals surface area contributed by atoms with Crippen LogP contribution in [0.2, 0.25) is 0 Å². The van der Waals surface area contributed by atoms with Crippen molar-refractivity contribution in [1.29, 1.82) is 0 Å². The van der Waals surface area contributed by atoms with Crippen LogP contribution in [0.1, 0.15) is 49.1 Å². The van der Waals surface area contributed by atoms with Crippen LogP contribution in [-0.2, 0) is 10.2 Å². The van der Waals surface area contributed by atoms with Crippen molar-refractivity contribution in [3.8, 4) is 0 Å². The highest BCUT2D eigenvalue weighted by Gasteiger charge is 2.58. The Kier molecular flexibility index (Phi) is 1.67. The first-order valence-corrected chi connectivity index (χ1v) is 6.65. The average Bonchev–Trinajstić information content (AvgIpc) is 3.02. The molecule has 2 fully saturated rings. The molecule has 0 saturated heterocycles. The summed E-state index contributed by atoms with van der Waals surface area (Å²) in [6.07, 6.45) is 6.04. The number of amides is 1. The standard InChI is InChI=1S/C15H17NO/c1-16-13-11(10-4-2-5-10)6-3-7-12(13)15(8-9-15)14(16)17/h3,6-7,10H,2,4-5,8-9H2,1H3. The van der Waals surface area contributed by atoms with Gasteiger partial charge in [-0.25, -0.2) is 0 Å². The van der Waals surface area contributed by atoms with E-state index in [9.17, 15) is 4.79 Å². The van der Waals surface area contributed by atoms with Crippen molar-refractivity contribution in [1.82, 2.24) is 0 Å². The number of nitrogens with zero attached hydrogens (tertiary/aromatic N) is 1. The Morgan fingerprint density at radius 2 is 2.06 bits per heavy atom. The molecule has 3 aliphatic rings. The molecule has 2 saturated carbocycles. The summed E-state index contributed by atoms with van der Waals surface area (Å²) in [5.74, 6) is 1.04. The molecule has 17 heavy (non-hydrogen) atoms. The molecule has 0 atom stereocenters. The zero-order valence-corrected chi connectivity index (χ0v) is 10.2. The topological polar surface area (TPSA) is 20.3 Å². The van der Waals surface area contributed by atoms with Gasteiger partial charge in [0.15, 0.2) is 0 Å². The van der Waals surface area contributed by atoms with Gasteiger partial charge < -0.3 is 4.90 Å². The molecule has 1 spiro atoms. The lowest BCUT2D eigenvalue weighted by molar-refractivity contribution is -0.119. The van der Waals surface area contributed by atoms with E-state index in [0.717, 1.165) is 12.8 Å². The van der Waals surface area contributed by atoms with Gasteiger partial charge in [0.1, 0.15) is 0 Å². The van der Waals surface area contributed by atoms with E-state index < -0.39 is 0 Å². The number of rotatable bonds is 1. The van der Waals surface area contributed by atoms with Gasteiger partial charge in [-0.3, -0.25) is 4.79 Å². The Bertz CT molecular complexity index is 512. The molecule has 1 aromatic carbocycles. The predicted octanol–water partition coefficient (Wildman–Crippen LogP) is 2.96. The summed E-state index contributed by atoms with van der Waals surface area (Å²) in [4.78, 5) is 14.3. The Morgan fingerprint density at radius 3 is 2.65 bits per heavy atom. The van der Waals surface area contributed by atoms with E-state index in [2.05, 4.69) is 18.2 Å². The summed E-state index contributed by atoms with van der Waals surface area (Å²) in [7, 11) is 1.95. The summed E-state index contributed by atoms with van der Waals surface area (Å²) in [5, 5.41) is 0. The Balaban J connectivity index is 1.91. The third-order valence-corrected chi connectivity index (χ3v) is 4.93. The maximum Gasteiger partial charge on any atom is 0.237 e. The van der Waals surface area contributed by atoms with Crippen molar-refractivity contribution in [2.45, 2.75) is 43.4 Å². The lowest BCUT2D eigenvalue weighted by atomic mass is 9.78. The summed E-state index contributed by atoms with van der Waals surface area (Å²) in [5.41, 5.74) is 3.88. The highest BCUT2D eigenvalue weighted by atomic mass is 16.2. The van der Waals surface area contributed by atoms with Gasteiger partial charge in [0.05, 0.1) is 11.1 Å². The smallest absolute Gasteiger partial charge is 0.237 e. The van der Waals surface area contributed by atoms with Gasteiger partial charge in [-0.2, -0.15) is 0 Å². The van der Waals surface area contributed by atoms with E-state index in [-0.39, 0.29) is 5.41 Å². The van der Waals surface area contributed by atoms with E-state index in [4.69, 9.17) is 0 Å². The first-order chi connectivity index (χ1) is 8.24. The maximum atomic E-state index is 12.4. The Labute approximate surface area is 102 Å². The van der Waals surface area contributed by atoms with Gasteiger partial charge in [-0.05, 0) is 42.7 Å². The van der Waals surface area contributed by atoms with Gasteiger partial charge in [-0.1, -0.05) is 24.6 Å². The second kappa shape index (κ2) is 2.92. The maximum absolute atomic E-state index is 12.4. The Hall–Kier alpha value is -1.31. The van der Waals surface area contributed by atoms with E-state index >= 15 is 0 Å². The van der Waals surface area contributed by atoms with Crippen LogP contribution in [0.3, 0.4) is 0 Å². The molecule has 0 aromatic heterocycles. The molecule has 0 N–H and O–H groups in total. The molecule has 0 unspecified atom stereocenters. The fourth-order valence-corrected chi connectivity index (χ4v) is 3.52. The highest BCUT2D eigenvalue weighted by molar-refractivity contribution is 6.10. The number of anilines is 1. The van der Waals surface area contributed by atoms with Crippen LogP contribution < -0.4 is 4.90 Å². The molecule has 1 aromatic rings. The normalized spacial score (nSPS) is 25.0. The van der Waals surface area contributed by atoms with E-state index in [1.165, 1.54) is 36.1 Å². The average molecular weight is 227 g/mol. The van der Waals surface area contributed by atoms with Crippen LogP contribution in [0.4, 0.5) is 5.69 Å². The fourth-order valence-electron chi connectivity index (χ4n) is 3.52. The SMILES string of the molecule is CN1C(=O)C2(CC2)c2cccc(C3CCC3)c21. The molecule has 0 bridgehead atoms. The fraction of sp³-hybridized carbons (Fsp3) is 0.533. The number of hydrogen-bond acceptors (Lipinski definition) is 1. The summed E-state index contributed by atoms with van der Waals surface area (Å²) < 4.78 is 0. The van der Waals surface area contributed by atoms with Gasteiger partial charge in [-0.15, -0.1) is 0 Å². The van der Waals surface area contributed by atoms with Crippen LogP contribution in [-0.4, -0.2) is 13.0 Å². The Morgan fingerprint density at radius 1 is 1.29 bits per heavy atom. The zero-order chi connectivity index (χ0) is 11.6. The number of likely N-dealkylation sites (N-methyl/N-ethyl adjacent to an activating group) is 1. The lowest BCUT2D eigenvalue weighted by Crippen LogP contribution is -2.28. The second-order valence-electron chi connectivity index (χ2n) is 5.82. The summed E-state index contributed by atoms with van der Waals surface area (Å²) in [6, 6.07) is 6.55. The first-order valence-electron chi connectivity index (χ1n) is 6.65. The zero-order valence-electron chi connectivity index (χ0n) is 10.2. The van der Waals surface area contributed by atoms with Crippen LogP contribution in [0.5, 0.6) is 0 Å². The van der Waals surface area contributed by atoms with Gasteiger partial charge in [0.2, 0.25) is 5.91 Å². The van der Waals surface area contributed by atoms with Crippen molar-refractivity contribution in [2.24, 2.45) is 0 Å². The molecule has 0 radical (unpaired) electrons. The summed E-state index contributed by atoms with van der Waals surface area (Å²) >= 11 is 0. The van der Waals surface area contributed by atoms with Gasteiger partial charge in [0.25, 0.3) is 0 Å². The number of carbonyl (C=O) groups excluding carboxylic acids is 1. The molecule has 1 amide bonds. The number of fused-ring (bicyclic) bond motifs is 2. The van der Waals surface area contributed by atoms with E-state index in [0.29, 0.717) is 11.8 Å². The minimum atomic E-state index is -0.107. The van der Waals surface area contributed by atoms with Crippen LogP contribution in [0, 0.1) is 0 Å². The third kappa shape index (κ3) is 1.04. The lowest BCUT2D eigenvalue weighted by Gasteiger charge is -2.29. The molecule has 1 aliphatic heterocycles. The van der Waals surface area contributed by atoms with Crippen LogP contribution in [0.15, 0.2) is 18.2 Å². The largest absolute Gasteiger partial charge is 0.314 e. The number of carbonyl (C=O) groups is 1. The second-order valence-corrected chi connectivity index (χ2v) is 5.82. The molecule has 2 nitrogen and oxygen atoms in total. The number of benzene rings is 1. The quantitative estimate of drug-likeness (QED) is 0.722. The molecule has 2 aliphatic carbocycles. The van der Waals surface area contributed by atoms with Crippen molar-refractivity contribution in [3.05, 3.63) is 29.3 Å². The van der Waals surface area contributed by atoms with Gasteiger partial charge in [0, 0.05) is 7.05 Å². The number of para-hydroxylation sites is 1. The molecule has 88 valence electrons. The number of hydrogen-bond donors (Lipinski definition) is 0. The minimum Gasteiger partial charge on any atom is -0.314 e. The third-order valence-electron chi connectivity index (χ3n) is 4.93. The first kappa shape index (κ1) is 9.69. The predicted molar refractivity (Wildman–Crippen MR) is 67.4 cm³/mol. The molecule has 4 rings (SSSR count). The van der Waals surface area contributed by atoms with Crippen molar-refractivity contribution in [3.63, 3.8) is 0 Å². The van der Waals surface area contributed by atoms with Crippen molar-refractivity contribution >= 4 is 11.6 Å². The molecular weight excluding hydrogens is 210 g/mol.